The minimum Gasteiger partial charge on any atom is -0.504 e. The number of fused-ring (bicyclic) bond motifs is 1. The van der Waals surface area contributed by atoms with Gasteiger partial charge in [-0.25, -0.2) is 0 Å². The van der Waals surface area contributed by atoms with Crippen molar-refractivity contribution in [3.63, 3.8) is 0 Å². The zero-order valence-electron chi connectivity index (χ0n) is 11.3. The normalized spacial score (nSPS) is 11.5. The van der Waals surface area contributed by atoms with Crippen LogP contribution in [0.1, 0.15) is 5.56 Å². The maximum Gasteiger partial charge on any atom is 0.275 e. The summed E-state index contributed by atoms with van der Waals surface area (Å²) >= 11 is 1.46. The highest BCUT2D eigenvalue weighted by Crippen LogP contribution is 2.25. The van der Waals surface area contributed by atoms with E-state index in [0.717, 1.165) is 5.56 Å². The van der Waals surface area contributed by atoms with E-state index in [4.69, 9.17) is 4.74 Å². The summed E-state index contributed by atoms with van der Waals surface area (Å²) in [5.74, 6) is 1.00. The van der Waals surface area contributed by atoms with Gasteiger partial charge < -0.3 is 9.84 Å². The fraction of sp³-hybridized carbons (Fsp3) is 0.167. The van der Waals surface area contributed by atoms with Gasteiger partial charge in [0.2, 0.25) is 5.16 Å². The first-order chi connectivity index (χ1) is 10.2. The average molecular weight is 304 g/mol. The van der Waals surface area contributed by atoms with Gasteiger partial charge in [-0.2, -0.15) is 19.4 Å². The van der Waals surface area contributed by atoms with Gasteiger partial charge in [0.25, 0.3) is 5.78 Å². The van der Waals surface area contributed by atoms with Crippen LogP contribution in [-0.2, 0) is 0 Å². The highest BCUT2D eigenvalue weighted by Gasteiger charge is 2.09. The zero-order valence-corrected chi connectivity index (χ0v) is 12.2. The number of rotatable bonds is 4. The summed E-state index contributed by atoms with van der Waals surface area (Å²) in [4.78, 5) is 0. The van der Waals surface area contributed by atoms with Crippen LogP contribution in [0, 0.1) is 0 Å². The Kier molecular flexibility index (Phi) is 3.48. The molecule has 9 heteroatoms. The minimum absolute atomic E-state index is 0.0849. The van der Waals surface area contributed by atoms with Crippen LogP contribution in [0.3, 0.4) is 0 Å². The molecule has 0 atom stereocenters. The molecule has 1 N–H and O–H groups in total. The number of nitrogens with zero attached hydrogens (tertiary/aromatic N) is 6. The van der Waals surface area contributed by atoms with Gasteiger partial charge in [0, 0.05) is 0 Å². The number of ether oxygens (including phenoxy) is 1. The van der Waals surface area contributed by atoms with Crippen molar-refractivity contribution in [2.75, 3.05) is 13.4 Å². The molecule has 0 aliphatic rings. The Morgan fingerprint density at radius 2 is 2.24 bits per heavy atom. The number of aromatic nitrogens is 5. The van der Waals surface area contributed by atoms with E-state index in [-0.39, 0.29) is 5.75 Å². The number of thioether (sulfide) groups is 1. The van der Waals surface area contributed by atoms with Gasteiger partial charge in [-0.1, -0.05) is 11.8 Å². The molecule has 0 amide bonds. The molecule has 0 fully saturated rings. The lowest BCUT2D eigenvalue weighted by Gasteiger charge is -2.03. The average Bonchev–Trinajstić information content (AvgIpc) is 3.08. The maximum atomic E-state index is 9.55. The van der Waals surface area contributed by atoms with Crippen molar-refractivity contribution in [2.45, 2.75) is 5.16 Å². The highest BCUT2D eigenvalue weighted by atomic mass is 32.2. The largest absolute Gasteiger partial charge is 0.504 e. The van der Waals surface area contributed by atoms with Crippen LogP contribution < -0.4 is 4.74 Å². The van der Waals surface area contributed by atoms with E-state index in [0.29, 0.717) is 16.7 Å². The second-order valence-electron chi connectivity index (χ2n) is 4.05. The summed E-state index contributed by atoms with van der Waals surface area (Å²) in [6.45, 7) is 0. The molecular weight excluding hydrogens is 292 g/mol. The van der Waals surface area contributed by atoms with E-state index in [1.165, 1.54) is 23.5 Å². The second-order valence-corrected chi connectivity index (χ2v) is 4.82. The lowest BCUT2D eigenvalue weighted by atomic mass is 10.2. The molecule has 0 aliphatic carbocycles. The highest BCUT2D eigenvalue weighted by molar-refractivity contribution is 7.98. The fourth-order valence-electron chi connectivity index (χ4n) is 1.77. The van der Waals surface area contributed by atoms with Gasteiger partial charge in [-0.15, -0.1) is 10.2 Å². The summed E-state index contributed by atoms with van der Waals surface area (Å²) in [5, 5.41) is 26.7. The van der Waals surface area contributed by atoms with Crippen molar-refractivity contribution >= 4 is 23.8 Å². The predicted molar refractivity (Wildman–Crippen MR) is 78.2 cm³/mol. The SMILES string of the molecule is COc1cc(C=Nn2cnn3c(SC)nnc23)ccc1O. The molecule has 2 heterocycles. The number of aromatic hydroxyl groups is 1. The van der Waals surface area contributed by atoms with Crippen LogP contribution in [0.2, 0.25) is 0 Å². The van der Waals surface area contributed by atoms with Gasteiger partial charge >= 0.3 is 0 Å². The summed E-state index contributed by atoms with van der Waals surface area (Å²) in [6, 6.07) is 4.96. The van der Waals surface area contributed by atoms with Crippen molar-refractivity contribution in [3.8, 4) is 11.5 Å². The van der Waals surface area contributed by atoms with Crippen molar-refractivity contribution in [1.82, 2.24) is 24.5 Å². The third-order valence-electron chi connectivity index (χ3n) is 2.79. The number of phenolic OH excluding ortho intramolecular Hbond substituents is 1. The number of methoxy groups -OCH3 is 1. The molecule has 0 aliphatic heterocycles. The van der Waals surface area contributed by atoms with Crippen LogP contribution in [0.5, 0.6) is 11.5 Å². The molecule has 0 bridgehead atoms. The number of hydrogen-bond donors (Lipinski definition) is 1. The van der Waals surface area contributed by atoms with Gasteiger partial charge in [-0.3, -0.25) is 0 Å². The van der Waals surface area contributed by atoms with Crippen LogP contribution in [0.4, 0.5) is 0 Å². The van der Waals surface area contributed by atoms with E-state index in [1.54, 1.807) is 35.3 Å². The Morgan fingerprint density at radius 1 is 1.38 bits per heavy atom. The number of hydrogen-bond acceptors (Lipinski definition) is 7. The van der Waals surface area contributed by atoms with Crippen LogP contribution in [0.15, 0.2) is 34.8 Å². The third kappa shape index (κ3) is 2.42. The van der Waals surface area contributed by atoms with Crippen LogP contribution in [-0.4, -0.2) is 49.2 Å². The number of benzene rings is 1. The molecule has 0 saturated carbocycles. The molecule has 3 aromatic rings. The van der Waals surface area contributed by atoms with E-state index in [2.05, 4.69) is 20.4 Å². The van der Waals surface area contributed by atoms with E-state index < -0.39 is 0 Å². The molecule has 2 aromatic heterocycles. The Hall–Kier alpha value is -2.55. The Bertz CT molecular complexity index is 809. The van der Waals surface area contributed by atoms with Crippen LogP contribution >= 0.6 is 11.8 Å². The minimum atomic E-state index is 0.0849. The summed E-state index contributed by atoms with van der Waals surface area (Å²) in [7, 11) is 1.50. The summed E-state index contributed by atoms with van der Waals surface area (Å²) in [5.41, 5.74) is 0.779. The maximum absolute atomic E-state index is 9.55. The Morgan fingerprint density at radius 3 is 3.00 bits per heavy atom. The molecule has 8 nitrogen and oxygen atoms in total. The molecule has 108 valence electrons. The van der Waals surface area contributed by atoms with Crippen molar-refractivity contribution in [2.24, 2.45) is 5.10 Å². The Balaban J connectivity index is 1.92. The Labute approximate surface area is 124 Å². The second kappa shape index (κ2) is 5.44. The lowest BCUT2D eigenvalue weighted by Crippen LogP contribution is -1.92. The fourth-order valence-corrected chi connectivity index (χ4v) is 2.19. The van der Waals surface area contributed by atoms with Crippen LogP contribution in [0.25, 0.3) is 5.78 Å². The predicted octanol–water partition coefficient (Wildman–Crippen LogP) is 1.24. The molecular formula is C12H12N6O2S. The topological polar surface area (TPSA) is 89.8 Å². The smallest absolute Gasteiger partial charge is 0.275 e. The van der Waals surface area contributed by atoms with Crippen molar-refractivity contribution < 1.29 is 9.84 Å². The molecule has 0 unspecified atom stereocenters. The lowest BCUT2D eigenvalue weighted by molar-refractivity contribution is 0.373. The molecule has 0 saturated heterocycles. The third-order valence-corrected chi connectivity index (χ3v) is 3.41. The standard InChI is InChI=1S/C12H12N6O2S/c1-20-10-5-8(3-4-9(10)19)6-13-17-7-14-18-11(17)15-16-12(18)21-2/h3-7,19H,1-2H3. The summed E-state index contributed by atoms with van der Waals surface area (Å²) < 4.78 is 8.18. The molecule has 3 rings (SSSR count). The van der Waals surface area contributed by atoms with Crippen molar-refractivity contribution in [3.05, 3.63) is 30.1 Å². The molecule has 0 spiro atoms. The van der Waals surface area contributed by atoms with Gasteiger partial charge in [0.05, 0.1) is 13.3 Å². The first kappa shape index (κ1) is 13.4. The monoisotopic (exact) mass is 304 g/mol. The van der Waals surface area contributed by atoms with Gasteiger partial charge in [-0.05, 0) is 30.0 Å². The van der Waals surface area contributed by atoms with Gasteiger partial charge in [0.1, 0.15) is 6.33 Å². The first-order valence-corrected chi connectivity index (χ1v) is 7.19. The van der Waals surface area contributed by atoms with Crippen molar-refractivity contribution in [1.29, 1.82) is 0 Å². The molecule has 1 aromatic carbocycles. The van der Waals surface area contributed by atoms with E-state index in [1.807, 2.05) is 6.26 Å². The van der Waals surface area contributed by atoms with Gasteiger partial charge in [0.15, 0.2) is 11.5 Å². The zero-order chi connectivity index (χ0) is 14.8. The van der Waals surface area contributed by atoms with E-state index in [9.17, 15) is 5.11 Å². The van der Waals surface area contributed by atoms with E-state index >= 15 is 0 Å². The molecule has 0 radical (unpaired) electrons. The quantitative estimate of drug-likeness (QED) is 0.576. The summed E-state index contributed by atoms with van der Waals surface area (Å²) in [6.07, 6.45) is 5.08. The number of phenols is 1. The first-order valence-electron chi connectivity index (χ1n) is 5.97. The molecule has 21 heavy (non-hydrogen) atoms.